The van der Waals surface area contributed by atoms with Crippen molar-refractivity contribution in [3.63, 3.8) is 0 Å². The number of hydrogen-bond acceptors (Lipinski definition) is 1. The molecule has 0 fully saturated rings. The van der Waals surface area contributed by atoms with Crippen molar-refractivity contribution in [2.45, 2.75) is 6.92 Å². The lowest BCUT2D eigenvalue weighted by atomic mass is 10.1. The Balaban J connectivity index is 0.000000280. The van der Waals surface area contributed by atoms with Crippen LogP contribution in [0.25, 0.3) is 11.1 Å². The summed E-state index contributed by atoms with van der Waals surface area (Å²) in [4.78, 5) is 0. The fourth-order valence-electron chi connectivity index (χ4n) is 1.26. The molecule has 0 aliphatic carbocycles. The maximum Gasteiger partial charge on any atom is 0.0433 e. The van der Waals surface area contributed by atoms with Gasteiger partial charge < -0.3 is 4.74 Å². The monoisotopic (exact) mass is 214 g/mol. The quantitative estimate of drug-likeness (QED) is 0.734. The highest BCUT2D eigenvalue weighted by Gasteiger charge is 1.91. The fraction of sp³-hybridized carbons (Fsp3) is 0.200. The van der Waals surface area contributed by atoms with Crippen LogP contribution in [0, 0.1) is 0 Å². The van der Waals surface area contributed by atoms with E-state index in [-0.39, 0.29) is 0 Å². The summed E-state index contributed by atoms with van der Waals surface area (Å²) in [6, 6.07) is 20.8. The van der Waals surface area contributed by atoms with Crippen LogP contribution < -0.4 is 0 Å². The largest absolute Gasteiger partial charge is 0.385 e. The Morgan fingerprint density at radius 1 is 0.750 bits per heavy atom. The Bertz CT molecular complexity index is 328. The Kier molecular flexibility index (Phi) is 5.97. The third kappa shape index (κ3) is 4.28. The molecule has 16 heavy (non-hydrogen) atoms. The molecule has 0 saturated heterocycles. The summed E-state index contributed by atoms with van der Waals surface area (Å²) in [5.41, 5.74) is 2.55. The Morgan fingerprint density at radius 3 is 1.31 bits per heavy atom. The lowest BCUT2D eigenvalue weighted by Gasteiger charge is -1.98. The van der Waals surface area contributed by atoms with E-state index in [1.807, 2.05) is 19.1 Å². The van der Waals surface area contributed by atoms with Crippen molar-refractivity contribution in [3.8, 4) is 11.1 Å². The zero-order valence-electron chi connectivity index (χ0n) is 9.89. The third-order valence-corrected chi connectivity index (χ3v) is 2.17. The highest BCUT2D eigenvalue weighted by Crippen LogP contribution is 2.17. The summed E-state index contributed by atoms with van der Waals surface area (Å²) in [5.74, 6) is 0. The van der Waals surface area contributed by atoms with Crippen LogP contribution in [0.15, 0.2) is 60.7 Å². The van der Waals surface area contributed by atoms with E-state index in [0.29, 0.717) is 0 Å². The van der Waals surface area contributed by atoms with Crippen molar-refractivity contribution in [2.75, 3.05) is 13.7 Å². The molecule has 0 aliphatic rings. The maximum atomic E-state index is 4.54. The Morgan fingerprint density at radius 2 is 1.06 bits per heavy atom. The number of hydrogen-bond donors (Lipinski definition) is 0. The van der Waals surface area contributed by atoms with E-state index in [2.05, 4.69) is 53.3 Å². The predicted octanol–water partition coefficient (Wildman–Crippen LogP) is 4.01. The summed E-state index contributed by atoms with van der Waals surface area (Å²) in [6.45, 7) is 2.78. The number of benzene rings is 2. The molecular weight excluding hydrogens is 196 g/mol. The Labute approximate surface area is 97.7 Å². The van der Waals surface area contributed by atoms with Crippen LogP contribution in [0.2, 0.25) is 0 Å². The lowest BCUT2D eigenvalue weighted by molar-refractivity contribution is 0.215. The molecule has 0 saturated carbocycles. The van der Waals surface area contributed by atoms with Gasteiger partial charge in [0, 0.05) is 13.7 Å². The molecule has 0 unspecified atom stereocenters. The first-order valence-corrected chi connectivity index (χ1v) is 5.48. The summed E-state index contributed by atoms with van der Waals surface area (Å²) in [5, 5.41) is 0. The van der Waals surface area contributed by atoms with Gasteiger partial charge in [-0.1, -0.05) is 60.7 Å². The molecule has 2 rings (SSSR count). The van der Waals surface area contributed by atoms with E-state index in [1.165, 1.54) is 11.1 Å². The molecule has 0 aliphatic heterocycles. The molecule has 1 nitrogen and oxygen atoms in total. The van der Waals surface area contributed by atoms with Crippen molar-refractivity contribution < 1.29 is 4.74 Å². The second-order valence-electron chi connectivity index (χ2n) is 3.31. The molecule has 0 bridgehead atoms. The molecule has 0 atom stereocenters. The molecule has 0 radical (unpaired) electrons. The van der Waals surface area contributed by atoms with Gasteiger partial charge >= 0.3 is 0 Å². The fourth-order valence-corrected chi connectivity index (χ4v) is 1.26. The first-order chi connectivity index (χ1) is 7.88. The minimum absolute atomic E-state index is 0.819. The normalized spacial score (nSPS) is 9.12. The number of ether oxygens (including phenoxy) is 1. The molecule has 0 amide bonds. The van der Waals surface area contributed by atoms with Crippen LogP contribution >= 0.6 is 0 Å². The molecule has 0 N–H and O–H groups in total. The molecule has 0 spiro atoms. The zero-order chi connectivity index (χ0) is 11.6. The van der Waals surface area contributed by atoms with Gasteiger partial charge in [-0.25, -0.2) is 0 Å². The van der Waals surface area contributed by atoms with Gasteiger partial charge in [0.2, 0.25) is 0 Å². The van der Waals surface area contributed by atoms with Crippen molar-refractivity contribution in [3.05, 3.63) is 60.7 Å². The van der Waals surface area contributed by atoms with Crippen LogP contribution in [0.1, 0.15) is 6.92 Å². The van der Waals surface area contributed by atoms with Crippen molar-refractivity contribution in [2.24, 2.45) is 0 Å². The van der Waals surface area contributed by atoms with Gasteiger partial charge in [-0.2, -0.15) is 0 Å². The van der Waals surface area contributed by atoms with Gasteiger partial charge in [-0.15, -0.1) is 0 Å². The van der Waals surface area contributed by atoms with Gasteiger partial charge in [0.1, 0.15) is 0 Å². The van der Waals surface area contributed by atoms with Crippen molar-refractivity contribution in [1.29, 1.82) is 0 Å². The van der Waals surface area contributed by atoms with E-state index in [9.17, 15) is 0 Å². The van der Waals surface area contributed by atoms with Crippen LogP contribution in [-0.4, -0.2) is 13.7 Å². The molecule has 2 aromatic rings. The molecule has 0 aromatic heterocycles. The topological polar surface area (TPSA) is 9.23 Å². The average Bonchev–Trinajstić information content (AvgIpc) is 2.41. The van der Waals surface area contributed by atoms with Crippen molar-refractivity contribution in [1.82, 2.24) is 0 Å². The minimum Gasteiger partial charge on any atom is -0.385 e. The lowest BCUT2D eigenvalue weighted by Crippen LogP contribution is -1.73. The first kappa shape index (κ1) is 12.5. The minimum atomic E-state index is 0.819. The summed E-state index contributed by atoms with van der Waals surface area (Å²) >= 11 is 0. The highest BCUT2D eigenvalue weighted by atomic mass is 16.5. The highest BCUT2D eigenvalue weighted by molar-refractivity contribution is 5.62. The molecule has 1 heteroatoms. The van der Waals surface area contributed by atoms with Crippen LogP contribution in [0.4, 0.5) is 0 Å². The van der Waals surface area contributed by atoms with Crippen LogP contribution in [0.5, 0.6) is 0 Å². The van der Waals surface area contributed by atoms with E-state index < -0.39 is 0 Å². The van der Waals surface area contributed by atoms with Gasteiger partial charge in [0.25, 0.3) is 0 Å². The van der Waals surface area contributed by atoms with E-state index in [1.54, 1.807) is 7.11 Å². The smallest absolute Gasteiger partial charge is 0.0433 e. The van der Waals surface area contributed by atoms with Gasteiger partial charge in [-0.05, 0) is 18.1 Å². The maximum absolute atomic E-state index is 4.54. The van der Waals surface area contributed by atoms with E-state index in [0.717, 1.165) is 6.61 Å². The number of rotatable bonds is 2. The van der Waals surface area contributed by atoms with E-state index >= 15 is 0 Å². The van der Waals surface area contributed by atoms with Crippen molar-refractivity contribution >= 4 is 0 Å². The zero-order valence-corrected chi connectivity index (χ0v) is 9.89. The molecule has 2 aromatic carbocycles. The van der Waals surface area contributed by atoms with Gasteiger partial charge in [-0.3, -0.25) is 0 Å². The number of methoxy groups -OCH3 is 1. The van der Waals surface area contributed by atoms with E-state index in [4.69, 9.17) is 0 Å². The molecule has 0 heterocycles. The second kappa shape index (κ2) is 7.66. The molecule has 84 valence electrons. The summed E-state index contributed by atoms with van der Waals surface area (Å²) in [6.07, 6.45) is 0. The Hall–Kier alpha value is -1.60. The first-order valence-electron chi connectivity index (χ1n) is 5.48. The summed E-state index contributed by atoms with van der Waals surface area (Å²) < 4.78 is 4.54. The SMILES string of the molecule is CCOC.c1ccc(-c2ccccc2)cc1. The average molecular weight is 214 g/mol. The molecular formula is C15H18O. The van der Waals surface area contributed by atoms with Gasteiger partial charge in [0.15, 0.2) is 0 Å². The third-order valence-electron chi connectivity index (χ3n) is 2.17. The summed E-state index contributed by atoms with van der Waals surface area (Å²) in [7, 11) is 1.68. The second-order valence-corrected chi connectivity index (χ2v) is 3.31. The predicted molar refractivity (Wildman–Crippen MR) is 69.4 cm³/mol. The van der Waals surface area contributed by atoms with Crippen LogP contribution in [-0.2, 0) is 4.74 Å². The van der Waals surface area contributed by atoms with Crippen LogP contribution in [0.3, 0.4) is 0 Å². The standard InChI is InChI=1S/C12H10.C3H8O/c1-3-7-11(8-4-1)12-9-5-2-6-10-12;1-3-4-2/h1-10H;3H2,1-2H3. The van der Waals surface area contributed by atoms with Gasteiger partial charge in [0.05, 0.1) is 0 Å².